The summed E-state index contributed by atoms with van der Waals surface area (Å²) in [5, 5.41) is 10.4. The fraction of sp³-hybridized carbons (Fsp3) is 0.294. The number of anilines is 2. The Morgan fingerprint density at radius 1 is 1.02 bits per heavy atom. The van der Waals surface area contributed by atoms with Gasteiger partial charge in [-0.2, -0.15) is 23.3 Å². The second-order valence-electron chi connectivity index (χ2n) is 11.5. The zero-order valence-electron chi connectivity index (χ0n) is 26.5. The summed E-state index contributed by atoms with van der Waals surface area (Å²) in [6.45, 7) is 4.28. The maximum atomic E-state index is 14.3. The number of rotatable bonds is 8. The van der Waals surface area contributed by atoms with Crippen LogP contribution in [0, 0.1) is 6.92 Å². The molecule has 1 fully saturated rings. The Kier molecular flexibility index (Phi) is 8.98. The first kappa shape index (κ1) is 32.4. The van der Waals surface area contributed by atoms with Gasteiger partial charge in [-0.1, -0.05) is 13.0 Å². The molecule has 1 saturated heterocycles. The van der Waals surface area contributed by atoms with Crippen LogP contribution in [0.3, 0.4) is 0 Å². The molecule has 4 heterocycles. The summed E-state index contributed by atoms with van der Waals surface area (Å²) in [6, 6.07) is 12.0. The van der Waals surface area contributed by atoms with Gasteiger partial charge in [0.15, 0.2) is 11.5 Å². The third-order valence-corrected chi connectivity index (χ3v) is 8.23. The normalized spacial score (nSPS) is 13.8. The van der Waals surface area contributed by atoms with E-state index in [1.54, 1.807) is 73.3 Å². The highest BCUT2D eigenvalue weighted by atomic mass is 19.4. The van der Waals surface area contributed by atoms with Crippen molar-refractivity contribution in [1.29, 1.82) is 0 Å². The number of carbonyl (C=O) groups is 2. The first-order valence-electron chi connectivity index (χ1n) is 15.5. The molecule has 248 valence electrons. The van der Waals surface area contributed by atoms with Gasteiger partial charge in [-0.25, -0.2) is 4.98 Å². The number of ether oxygens (including phenoxy) is 1. The number of hydrogen-bond donors (Lipinski definition) is 2. The number of nitrogens with one attached hydrogen (secondary N) is 2. The average molecular weight is 659 g/mol. The van der Waals surface area contributed by atoms with E-state index in [4.69, 9.17) is 4.74 Å². The van der Waals surface area contributed by atoms with E-state index in [2.05, 4.69) is 30.7 Å². The quantitative estimate of drug-likeness (QED) is 0.199. The van der Waals surface area contributed by atoms with Gasteiger partial charge in [-0.05, 0) is 67.8 Å². The standard InChI is InChI=1S/C34H33F3N8O3/c1-4-29(46)40-23-11-15-45(16-12-23)27-8-7-24(18-26(27)34(35,36)37)41-32(47)22-6-5-20(2)28(17-22)48-33-25-19-39-44(3)31(25)42-30(43-33)21-9-13-38-14-10-21/h5-10,13-14,17-19,23H,4,11-12,15-16H2,1-3H3,(H,40,46)(H,41,47). The van der Waals surface area contributed by atoms with E-state index in [1.165, 1.54) is 18.2 Å². The summed E-state index contributed by atoms with van der Waals surface area (Å²) >= 11 is 0. The number of aromatic nitrogens is 5. The van der Waals surface area contributed by atoms with E-state index in [-0.39, 0.29) is 34.8 Å². The van der Waals surface area contributed by atoms with Crippen molar-refractivity contribution in [2.45, 2.75) is 45.3 Å². The van der Waals surface area contributed by atoms with Crippen molar-refractivity contribution in [2.24, 2.45) is 7.05 Å². The number of benzene rings is 2. The van der Waals surface area contributed by atoms with E-state index >= 15 is 0 Å². The minimum absolute atomic E-state index is 0.000856. The lowest BCUT2D eigenvalue weighted by Crippen LogP contribution is -2.45. The van der Waals surface area contributed by atoms with Crippen LogP contribution in [0.25, 0.3) is 22.4 Å². The molecule has 14 heteroatoms. The fourth-order valence-corrected chi connectivity index (χ4v) is 5.57. The monoisotopic (exact) mass is 658 g/mol. The van der Waals surface area contributed by atoms with E-state index in [0.29, 0.717) is 60.5 Å². The molecule has 0 bridgehead atoms. The van der Waals surface area contributed by atoms with Crippen LogP contribution in [0.15, 0.2) is 67.1 Å². The molecule has 0 unspecified atom stereocenters. The molecular formula is C34H33F3N8O3. The van der Waals surface area contributed by atoms with E-state index in [9.17, 15) is 22.8 Å². The van der Waals surface area contributed by atoms with E-state index in [1.807, 2.05) is 0 Å². The number of aryl methyl sites for hydroxylation is 2. The predicted octanol–water partition coefficient (Wildman–Crippen LogP) is 6.29. The average Bonchev–Trinajstić information content (AvgIpc) is 3.46. The van der Waals surface area contributed by atoms with Crippen molar-refractivity contribution in [3.8, 4) is 23.0 Å². The number of carbonyl (C=O) groups excluding carboxylic acids is 2. The number of halogens is 3. The minimum atomic E-state index is -4.65. The predicted molar refractivity (Wildman–Crippen MR) is 174 cm³/mol. The van der Waals surface area contributed by atoms with Gasteiger partial charge in [0.25, 0.3) is 5.91 Å². The van der Waals surface area contributed by atoms with Gasteiger partial charge in [0, 0.05) is 67.5 Å². The molecule has 1 aliphatic heterocycles. The van der Waals surface area contributed by atoms with Crippen LogP contribution < -0.4 is 20.3 Å². The molecule has 2 N–H and O–H groups in total. The molecule has 0 spiro atoms. The maximum Gasteiger partial charge on any atom is 0.418 e. The number of hydrogen-bond acceptors (Lipinski definition) is 8. The zero-order chi connectivity index (χ0) is 34.0. The molecule has 0 atom stereocenters. The number of pyridine rings is 1. The van der Waals surface area contributed by atoms with Crippen molar-refractivity contribution >= 4 is 34.2 Å². The van der Waals surface area contributed by atoms with Gasteiger partial charge in [0.05, 0.1) is 11.8 Å². The lowest BCUT2D eigenvalue weighted by Gasteiger charge is -2.35. The molecular weight excluding hydrogens is 625 g/mol. The number of piperidine rings is 1. The first-order valence-corrected chi connectivity index (χ1v) is 15.5. The fourth-order valence-electron chi connectivity index (χ4n) is 5.57. The Labute approximate surface area is 274 Å². The van der Waals surface area contributed by atoms with Gasteiger partial charge >= 0.3 is 6.18 Å². The molecule has 6 rings (SSSR count). The van der Waals surface area contributed by atoms with E-state index < -0.39 is 17.6 Å². The van der Waals surface area contributed by atoms with Crippen LogP contribution in [0.5, 0.6) is 11.6 Å². The van der Waals surface area contributed by atoms with Crippen LogP contribution in [0.2, 0.25) is 0 Å². The number of amides is 2. The van der Waals surface area contributed by atoms with Crippen molar-refractivity contribution in [3.63, 3.8) is 0 Å². The molecule has 0 saturated carbocycles. The van der Waals surface area contributed by atoms with Gasteiger partial charge < -0.3 is 20.3 Å². The van der Waals surface area contributed by atoms with Crippen LogP contribution in [0.1, 0.15) is 47.7 Å². The topological polar surface area (TPSA) is 127 Å². The minimum Gasteiger partial charge on any atom is -0.438 e. The Morgan fingerprint density at radius 3 is 2.48 bits per heavy atom. The first-order chi connectivity index (χ1) is 23.0. The highest BCUT2D eigenvalue weighted by Gasteiger charge is 2.36. The smallest absolute Gasteiger partial charge is 0.418 e. The highest BCUT2D eigenvalue weighted by molar-refractivity contribution is 6.04. The third-order valence-electron chi connectivity index (χ3n) is 8.23. The lowest BCUT2D eigenvalue weighted by molar-refractivity contribution is -0.137. The summed E-state index contributed by atoms with van der Waals surface area (Å²) in [7, 11) is 1.75. The summed E-state index contributed by atoms with van der Waals surface area (Å²) < 4.78 is 50.6. The highest BCUT2D eigenvalue weighted by Crippen LogP contribution is 2.39. The largest absolute Gasteiger partial charge is 0.438 e. The SMILES string of the molecule is CCC(=O)NC1CCN(c2ccc(NC(=O)c3ccc(C)c(Oc4nc(-c5ccncc5)nc5c4cnn5C)c3)cc2C(F)(F)F)CC1. The van der Waals surface area contributed by atoms with Gasteiger partial charge in [-0.15, -0.1) is 0 Å². The van der Waals surface area contributed by atoms with E-state index in [0.717, 1.165) is 11.6 Å². The molecule has 0 aliphatic carbocycles. The molecule has 11 nitrogen and oxygen atoms in total. The molecule has 1 aliphatic rings. The van der Waals surface area contributed by atoms with Crippen molar-refractivity contribution in [2.75, 3.05) is 23.3 Å². The Balaban J connectivity index is 1.23. The Bertz CT molecular complexity index is 1970. The van der Waals surface area contributed by atoms with Crippen molar-refractivity contribution in [1.82, 2.24) is 30.0 Å². The van der Waals surface area contributed by atoms with Gasteiger partial charge in [0.2, 0.25) is 11.8 Å². The summed E-state index contributed by atoms with van der Waals surface area (Å²) in [4.78, 5) is 40.0. The molecule has 2 amide bonds. The molecule has 48 heavy (non-hydrogen) atoms. The number of alkyl halides is 3. The molecule has 0 radical (unpaired) electrons. The van der Waals surface area contributed by atoms with Crippen molar-refractivity contribution < 1.29 is 27.5 Å². The summed E-state index contributed by atoms with van der Waals surface area (Å²) in [5.74, 6) is 0.262. The molecule has 2 aromatic carbocycles. The second-order valence-corrected chi connectivity index (χ2v) is 11.5. The summed E-state index contributed by atoms with van der Waals surface area (Å²) in [5.41, 5.74) is 1.32. The van der Waals surface area contributed by atoms with Crippen molar-refractivity contribution in [3.05, 3.63) is 83.8 Å². The van der Waals surface area contributed by atoms with Gasteiger partial charge in [-0.3, -0.25) is 19.3 Å². The second kappa shape index (κ2) is 13.3. The van der Waals surface area contributed by atoms with Crippen LogP contribution in [-0.4, -0.2) is 55.7 Å². The summed E-state index contributed by atoms with van der Waals surface area (Å²) in [6.07, 6.45) is 1.61. The Hall–Kier alpha value is -5.53. The van der Waals surface area contributed by atoms with Crippen LogP contribution in [-0.2, 0) is 18.0 Å². The lowest BCUT2D eigenvalue weighted by atomic mass is 10.0. The van der Waals surface area contributed by atoms with Crippen LogP contribution >= 0.6 is 0 Å². The zero-order valence-corrected chi connectivity index (χ0v) is 26.5. The molecule has 3 aromatic heterocycles. The number of fused-ring (bicyclic) bond motifs is 1. The third kappa shape index (κ3) is 6.92. The molecule has 5 aromatic rings. The number of nitrogens with zero attached hydrogens (tertiary/aromatic N) is 6. The maximum absolute atomic E-state index is 14.3. The van der Waals surface area contributed by atoms with Crippen LogP contribution in [0.4, 0.5) is 24.5 Å². The Morgan fingerprint density at radius 2 is 1.77 bits per heavy atom. The van der Waals surface area contributed by atoms with Gasteiger partial charge in [0.1, 0.15) is 11.1 Å².